The number of amides is 1. The number of fused-ring (bicyclic) bond motifs is 1. The minimum absolute atomic E-state index is 0.235. The fourth-order valence-electron chi connectivity index (χ4n) is 2.89. The predicted octanol–water partition coefficient (Wildman–Crippen LogP) is 5.04. The van der Waals surface area contributed by atoms with Crippen LogP contribution in [0.1, 0.15) is 32.1 Å². The van der Waals surface area contributed by atoms with Gasteiger partial charge in [-0.1, -0.05) is 58.3 Å². The van der Waals surface area contributed by atoms with Gasteiger partial charge in [0.25, 0.3) is 5.91 Å². The Labute approximate surface area is 161 Å². The fourth-order valence-corrected chi connectivity index (χ4v) is 5.92. The lowest BCUT2D eigenvalue weighted by molar-refractivity contribution is -0.147. The number of benzene rings is 2. The van der Waals surface area contributed by atoms with Crippen molar-refractivity contribution in [3.05, 3.63) is 42.5 Å². The molecule has 0 radical (unpaired) electrons. The van der Waals surface area contributed by atoms with Crippen molar-refractivity contribution in [3.63, 3.8) is 0 Å². The molecule has 0 aliphatic carbocycles. The van der Waals surface area contributed by atoms with E-state index in [1.165, 1.54) is 12.2 Å². The first-order chi connectivity index (χ1) is 12.7. The molecule has 138 valence electrons. The van der Waals surface area contributed by atoms with E-state index in [1.807, 2.05) is 64.1 Å². The van der Waals surface area contributed by atoms with Crippen molar-refractivity contribution in [1.82, 2.24) is 0 Å². The molecule has 1 aliphatic rings. The van der Waals surface area contributed by atoms with Gasteiger partial charge in [0.15, 0.2) is 6.61 Å². The van der Waals surface area contributed by atoms with Crippen LogP contribution >= 0.6 is 21.6 Å². The van der Waals surface area contributed by atoms with E-state index in [9.17, 15) is 9.59 Å². The molecule has 1 saturated heterocycles. The summed E-state index contributed by atoms with van der Waals surface area (Å²) in [6.45, 7) is -0.235. The van der Waals surface area contributed by atoms with Crippen molar-refractivity contribution in [2.45, 2.75) is 37.4 Å². The number of rotatable bonds is 8. The largest absolute Gasteiger partial charge is 0.456 e. The second-order valence-electron chi connectivity index (χ2n) is 6.35. The van der Waals surface area contributed by atoms with Crippen LogP contribution < -0.4 is 5.32 Å². The third kappa shape index (κ3) is 5.95. The number of anilines is 1. The number of hydrogen-bond acceptors (Lipinski definition) is 5. The fraction of sp³-hybridized carbons (Fsp3) is 0.400. The molecule has 4 nitrogen and oxygen atoms in total. The third-order valence-electron chi connectivity index (χ3n) is 4.28. The van der Waals surface area contributed by atoms with Gasteiger partial charge in [-0.2, -0.15) is 0 Å². The Kier molecular flexibility index (Phi) is 7.26. The van der Waals surface area contributed by atoms with Crippen molar-refractivity contribution < 1.29 is 14.3 Å². The van der Waals surface area contributed by atoms with Gasteiger partial charge in [0.05, 0.1) is 0 Å². The maximum atomic E-state index is 12.0. The lowest BCUT2D eigenvalue weighted by Gasteiger charge is -2.08. The molecule has 3 rings (SSSR count). The maximum Gasteiger partial charge on any atom is 0.306 e. The van der Waals surface area contributed by atoms with Gasteiger partial charge in [-0.05, 0) is 42.2 Å². The minimum atomic E-state index is -0.312. The molecule has 6 heteroatoms. The van der Waals surface area contributed by atoms with E-state index in [1.54, 1.807) is 0 Å². The van der Waals surface area contributed by atoms with E-state index in [2.05, 4.69) is 5.32 Å². The monoisotopic (exact) mass is 389 g/mol. The maximum absolute atomic E-state index is 12.0. The summed E-state index contributed by atoms with van der Waals surface area (Å²) in [6.07, 6.45) is 4.68. The van der Waals surface area contributed by atoms with Crippen LogP contribution in [-0.2, 0) is 14.3 Å². The van der Waals surface area contributed by atoms with Crippen molar-refractivity contribution in [1.29, 1.82) is 0 Å². The van der Waals surface area contributed by atoms with E-state index in [0.717, 1.165) is 35.3 Å². The molecule has 0 bridgehead atoms. The number of esters is 1. The molecular weight excluding hydrogens is 366 g/mol. The van der Waals surface area contributed by atoms with Crippen LogP contribution in [0.3, 0.4) is 0 Å². The molecular formula is C20H23NO3S2. The molecule has 1 fully saturated rings. The second-order valence-corrected chi connectivity index (χ2v) is 9.13. The van der Waals surface area contributed by atoms with Crippen LogP contribution in [0, 0.1) is 0 Å². The third-order valence-corrected chi connectivity index (χ3v) is 7.29. The zero-order valence-electron chi connectivity index (χ0n) is 14.6. The molecule has 0 saturated carbocycles. The Balaban J connectivity index is 1.34. The Morgan fingerprint density at radius 3 is 2.77 bits per heavy atom. The molecule has 1 atom stereocenters. The number of hydrogen-bond donors (Lipinski definition) is 1. The summed E-state index contributed by atoms with van der Waals surface area (Å²) in [5, 5.41) is 5.69. The highest BCUT2D eigenvalue weighted by molar-refractivity contribution is 8.77. The highest BCUT2D eigenvalue weighted by atomic mass is 33.1. The summed E-state index contributed by atoms with van der Waals surface area (Å²) in [7, 11) is 3.90. The highest BCUT2D eigenvalue weighted by Gasteiger charge is 2.16. The zero-order chi connectivity index (χ0) is 18.2. The van der Waals surface area contributed by atoms with E-state index < -0.39 is 0 Å². The number of carbonyl (C=O) groups excluding carboxylic acids is 2. The topological polar surface area (TPSA) is 55.4 Å². The smallest absolute Gasteiger partial charge is 0.306 e. The van der Waals surface area contributed by atoms with Gasteiger partial charge in [0, 0.05) is 23.1 Å². The van der Waals surface area contributed by atoms with Crippen molar-refractivity contribution in [2.75, 3.05) is 17.7 Å². The predicted molar refractivity (Wildman–Crippen MR) is 110 cm³/mol. The standard InChI is InChI=1S/C20H23NO3S2/c22-19(21-17-10-9-15-5-1-2-6-16(15)13-17)14-24-20(23)8-4-3-7-18-11-12-25-26-18/h1-2,5-6,9-10,13,18H,3-4,7-8,11-12,14H2,(H,21,22)/t18-/m0/s1. The summed E-state index contributed by atoms with van der Waals surface area (Å²) in [6, 6.07) is 13.7. The summed E-state index contributed by atoms with van der Waals surface area (Å²) >= 11 is 0. The first-order valence-corrected chi connectivity index (χ1v) is 11.3. The number of unbranched alkanes of at least 4 members (excludes halogenated alkanes) is 1. The average Bonchev–Trinajstić information content (AvgIpc) is 3.17. The normalized spacial score (nSPS) is 16.5. The lowest BCUT2D eigenvalue weighted by Crippen LogP contribution is -2.20. The summed E-state index contributed by atoms with van der Waals surface area (Å²) in [5.74, 6) is 0.629. The summed E-state index contributed by atoms with van der Waals surface area (Å²) in [4.78, 5) is 23.7. The van der Waals surface area contributed by atoms with Gasteiger partial charge in [0.1, 0.15) is 0 Å². The van der Waals surface area contributed by atoms with Gasteiger partial charge in [-0.15, -0.1) is 0 Å². The van der Waals surface area contributed by atoms with E-state index in [0.29, 0.717) is 12.1 Å². The van der Waals surface area contributed by atoms with Crippen LogP contribution in [0.2, 0.25) is 0 Å². The van der Waals surface area contributed by atoms with Gasteiger partial charge < -0.3 is 10.1 Å². The Morgan fingerprint density at radius 2 is 1.96 bits per heavy atom. The second kappa shape index (κ2) is 9.88. The number of carbonyl (C=O) groups is 2. The van der Waals surface area contributed by atoms with Crippen molar-refractivity contribution in [3.8, 4) is 0 Å². The van der Waals surface area contributed by atoms with Gasteiger partial charge in [-0.25, -0.2) is 0 Å². The summed E-state index contributed by atoms with van der Waals surface area (Å²) in [5.41, 5.74) is 0.705. The quantitative estimate of drug-likeness (QED) is 0.390. The molecule has 1 amide bonds. The SMILES string of the molecule is O=C(COC(=O)CCCC[C@H]1CCSS1)Nc1ccc2ccccc2c1. The highest BCUT2D eigenvalue weighted by Crippen LogP contribution is 2.39. The zero-order valence-corrected chi connectivity index (χ0v) is 16.2. The summed E-state index contributed by atoms with van der Waals surface area (Å²) < 4.78 is 5.08. The van der Waals surface area contributed by atoms with Crippen LogP contribution in [0.25, 0.3) is 10.8 Å². The molecule has 26 heavy (non-hydrogen) atoms. The molecule has 1 N–H and O–H groups in total. The first kappa shape index (κ1) is 19.1. The van der Waals surface area contributed by atoms with Gasteiger partial charge >= 0.3 is 5.97 Å². The molecule has 0 aromatic heterocycles. The van der Waals surface area contributed by atoms with E-state index >= 15 is 0 Å². The van der Waals surface area contributed by atoms with Crippen molar-refractivity contribution >= 4 is 49.9 Å². The molecule has 2 aromatic rings. The molecule has 2 aromatic carbocycles. The number of ether oxygens (including phenoxy) is 1. The van der Waals surface area contributed by atoms with Crippen LogP contribution in [0.5, 0.6) is 0 Å². The van der Waals surface area contributed by atoms with Gasteiger partial charge in [-0.3, -0.25) is 9.59 Å². The van der Waals surface area contributed by atoms with Crippen LogP contribution in [0.15, 0.2) is 42.5 Å². The molecule has 1 aliphatic heterocycles. The molecule has 0 spiro atoms. The number of nitrogens with one attached hydrogen (secondary N) is 1. The lowest BCUT2D eigenvalue weighted by atomic mass is 10.1. The average molecular weight is 390 g/mol. The Morgan fingerprint density at radius 1 is 1.12 bits per heavy atom. The van der Waals surface area contributed by atoms with Crippen LogP contribution in [-0.4, -0.2) is 29.5 Å². The van der Waals surface area contributed by atoms with E-state index in [4.69, 9.17) is 4.74 Å². The molecule has 1 heterocycles. The van der Waals surface area contributed by atoms with Crippen molar-refractivity contribution in [2.24, 2.45) is 0 Å². The first-order valence-electron chi connectivity index (χ1n) is 8.93. The van der Waals surface area contributed by atoms with E-state index in [-0.39, 0.29) is 18.5 Å². The Bertz CT molecular complexity index is 760. The molecule has 0 unspecified atom stereocenters. The van der Waals surface area contributed by atoms with Crippen LogP contribution in [0.4, 0.5) is 5.69 Å². The minimum Gasteiger partial charge on any atom is -0.456 e. The van der Waals surface area contributed by atoms with Gasteiger partial charge in [0.2, 0.25) is 0 Å². The Hall–Kier alpha value is -1.66.